The van der Waals surface area contributed by atoms with Crippen LogP contribution in [-0.2, 0) is 11.3 Å². The second-order valence-corrected chi connectivity index (χ2v) is 5.89. The molecular weight excluding hydrogens is 297 g/mol. The molecule has 1 amide bonds. The summed E-state index contributed by atoms with van der Waals surface area (Å²) in [6, 6.07) is 5.62. The highest BCUT2D eigenvalue weighted by atomic mass is 35.5. The van der Waals surface area contributed by atoms with Gasteiger partial charge in [-0.1, -0.05) is 11.6 Å². The van der Waals surface area contributed by atoms with Crippen LogP contribution < -0.4 is 5.73 Å². The van der Waals surface area contributed by atoms with Crippen molar-refractivity contribution in [3.63, 3.8) is 0 Å². The number of primary amides is 1. The first kappa shape index (κ1) is 15.1. The Balaban J connectivity index is 2.24. The number of nitrogens with zero attached hydrogens (tertiary/aromatic N) is 2. The zero-order chi connectivity index (χ0) is 14.7. The van der Waals surface area contributed by atoms with Gasteiger partial charge in [0.25, 0.3) is 0 Å². The molecule has 20 heavy (non-hydrogen) atoms. The highest BCUT2D eigenvalue weighted by Crippen LogP contribution is 2.26. The third-order valence-electron chi connectivity index (χ3n) is 3.15. The monoisotopic (exact) mass is 313 g/mol. The summed E-state index contributed by atoms with van der Waals surface area (Å²) in [5.41, 5.74) is 7.00. The Morgan fingerprint density at radius 1 is 1.45 bits per heavy atom. The number of alkyl halides is 1. The maximum Gasteiger partial charge on any atom is 0.217 e. The molecule has 1 heterocycles. The van der Waals surface area contributed by atoms with Gasteiger partial charge in [0.05, 0.1) is 16.4 Å². The van der Waals surface area contributed by atoms with Gasteiger partial charge in [0.15, 0.2) is 0 Å². The number of amides is 1. The molecule has 1 unspecified atom stereocenters. The minimum Gasteiger partial charge on any atom is -0.370 e. The summed E-state index contributed by atoms with van der Waals surface area (Å²) in [5, 5.41) is 0.474. The summed E-state index contributed by atoms with van der Waals surface area (Å²) in [5.74, 6) is 0.557. The highest BCUT2D eigenvalue weighted by molar-refractivity contribution is 6.31. The molecule has 0 saturated heterocycles. The van der Waals surface area contributed by atoms with Crippen molar-refractivity contribution in [1.82, 2.24) is 9.55 Å². The van der Waals surface area contributed by atoms with E-state index < -0.39 is 0 Å². The topological polar surface area (TPSA) is 60.9 Å². The summed E-state index contributed by atoms with van der Waals surface area (Å²) in [4.78, 5) is 15.3. The number of fused-ring (bicyclic) bond motifs is 1. The molecule has 0 aliphatic rings. The van der Waals surface area contributed by atoms with E-state index in [9.17, 15) is 4.79 Å². The van der Waals surface area contributed by atoms with E-state index >= 15 is 0 Å². The van der Waals surface area contributed by atoms with E-state index in [2.05, 4.69) is 9.55 Å². The zero-order valence-corrected chi connectivity index (χ0v) is 12.8. The number of benzene rings is 1. The number of imidazole rings is 1. The van der Waals surface area contributed by atoms with E-state index in [-0.39, 0.29) is 11.3 Å². The molecular formula is C14H17Cl2N3O. The van der Waals surface area contributed by atoms with Crippen LogP contribution in [0.4, 0.5) is 0 Å². The Morgan fingerprint density at radius 3 is 2.85 bits per heavy atom. The number of carbonyl (C=O) groups excluding carboxylic acids is 1. The van der Waals surface area contributed by atoms with E-state index in [1.165, 1.54) is 0 Å². The molecule has 0 aliphatic heterocycles. The van der Waals surface area contributed by atoms with Crippen molar-refractivity contribution in [2.24, 2.45) is 5.73 Å². The van der Waals surface area contributed by atoms with Gasteiger partial charge in [-0.25, -0.2) is 4.98 Å². The van der Waals surface area contributed by atoms with Gasteiger partial charge in [-0.05, 0) is 38.0 Å². The van der Waals surface area contributed by atoms with Gasteiger partial charge in [0.1, 0.15) is 5.82 Å². The lowest BCUT2D eigenvalue weighted by Crippen LogP contribution is -2.11. The number of aryl methyl sites for hydroxylation is 1. The van der Waals surface area contributed by atoms with E-state index in [0.29, 0.717) is 11.4 Å². The first-order valence-electron chi connectivity index (χ1n) is 6.57. The van der Waals surface area contributed by atoms with Crippen LogP contribution in [0.5, 0.6) is 0 Å². The smallest absolute Gasteiger partial charge is 0.217 e. The SMILES string of the molecule is CC(Cl)c1nc2cc(Cl)ccc2n1CCCCC(N)=O. The fraction of sp³-hybridized carbons (Fsp3) is 0.429. The molecule has 0 bridgehead atoms. The molecule has 2 rings (SSSR count). The van der Waals surface area contributed by atoms with Gasteiger partial charge in [0, 0.05) is 18.0 Å². The second-order valence-electron chi connectivity index (χ2n) is 4.79. The van der Waals surface area contributed by atoms with Crippen molar-refractivity contribution >= 4 is 40.1 Å². The quantitative estimate of drug-likeness (QED) is 0.653. The largest absolute Gasteiger partial charge is 0.370 e. The van der Waals surface area contributed by atoms with Crippen LogP contribution in [0.2, 0.25) is 5.02 Å². The zero-order valence-electron chi connectivity index (χ0n) is 11.3. The van der Waals surface area contributed by atoms with Crippen molar-refractivity contribution in [2.45, 2.75) is 38.1 Å². The first-order chi connectivity index (χ1) is 9.49. The molecule has 108 valence electrons. The Hall–Kier alpha value is -1.26. The third-order valence-corrected chi connectivity index (χ3v) is 3.58. The molecule has 0 fully saturated rings. The van der Waals surface area contributed by atoms with E-state index in [1.807, 2.05) is 25.1 Å². The van der Waals surface area contributed by atoms with Gasteiger partial charge < -0.3 is 10.3 Å². The van der Waals surface area contributed by atoms with Gasteiger partial charge in [0.2, 0.25) is 5.91 Å². The van der Waals surface area contributed by atoms with Crippen LogP contribution in [0.15, 0.2) is 18.2 Å². The third kappa shape index (κ3) is 3.44. The second kappa shape index (κ2) is 6.46. The van der Waals surface area contributed by atoms with Crippen LogP contribution in [0.25, 0.3) is 11.0 Å². The number of carbonyl (C=O) groups is 1. The fourth-order valence-corrected chi connectivity index (χ4v) is 2.56. The average molecular weight is 314 g/mol. The molecule has 2 N–H and O–H groups in total. The fourth-order valence-electron chi connectivity index (χ4n) is 2.23. The summed E-state index contributed by atoms with van der Waals surface area (Å²) in [7, 11) is 0. The predicted molar refractivity (Wildman–Crippen MR) is 82.1 cm³/mol. The molecule has 1 atom stereocenters. The van der Waals surface area contributed by atoms with E-state index in [4.69, 9.17) is 28.9 Å². The van der Waals surface area contributed by atoms with Crippen molar-refractivity contribution in [2.75, 3.05) is 0 Å². The molecule has 0 radical (unpaired) electrons. The molecule has 1 aromatic carbocycles. The average Bonchev–Trinajstić information content (AvgIpc) is 2.72. The van der Waals surface area contributed by atoms with Gasteiger partial charge >= 0.3 is 0 Å². The summed E-state index contributed by atoms with van der Waals surface area (Å²) in [6.45, 7) is 2.65. The van der Waals surface area contributed by atoms with E-state index in [0.717, 1.165) is 36.2 Å². The number of rotatable bonds is 6. The first-order valence-corrected chi connectivity index (χ1v) is 7.38. The summed E-state index contributed by atoms with van der Waals surface area (Å²) >= 11 is 12.2. The van der Waals surface area contributed by atoms with Crippen LogP contribution in [0.1, 0.15) is 37.4 Å². The number of nitrogens with two attached hydrogens (primary N) is 1. The van der Waals surface area contributed by atoms with Gasteiger partial charge in [-0.3, -0.25) is 4.79 Å². The molecule has 4 nitrogen and oxygen atoms in total. The number of aromatic nitrogens is 2. The Morgan fingerprint density at radius 2 is 2.20 bits per heavy atom. The maximum absolute atomic E-state index is 10.8. The Kier molecular flexibility index (Phi) is 4.89. The Labute approximate surface area is 127 Å². The number of halogens is 2. The van der Waals surface area contributed by atoms with Crippen LogP contribution >= 0.6 is 23.2 Å². The summed E-state index contributed by atoms with van der Waals surface area (Å²) < 4.78 is 2.09. The molecule has 2 aromatic rings. The number of unbranched alkanes of at least 4 members (excludes halogenated alkanes) is 1. The maximum atomic E-state index is 10.8. The summed E-state index contributed by atoms with van der Waals surface area (Å²) in [6.07, 6.45) is 2.02. The van der Waals surface area contributed by atoms with Crippen molar-refractivity contribution in [1.29, 1.82) is 0 Å². The molecule has 1 aromatic heterocycles. The standard InChI is InChI=1S/C14H17Cl2N3O/c1-9(15)14-18-11-8-10(16)5-6-12(11)19(14)7-3-2-4-13(17)20/h5-6,8-9H,2-4,7H2,1H3,(H2,17,20). The molecule has 6 heteroatoms. The lowest BCUT2D eigenvalue weighted by atomic mass is 10.2. The van der Waals surface area contributed by atoms with Gasteiger partial charge in [-0.15, -0.1) is 11.6 Å². The number of hydrogen-bond acceptors (Lipinski definition) is 2. The Bertz CT molecular complexity index is 622. The lowest BCUT2D eigenvalue weighted by molar-refractivity contribution is -0.118. The van der Waals surface area contributed by atoms with Gasteiger partial charge in [-0.2, -0.15) is 0 Å². The molecule has 0 spiro atoms. The van der Waals surface area contributed by atoms with Crippen LogP contribution in [0.3, 0.4) is 0 Å². The number of hydrogen-bond donors (Lipinski definition) is 1. The minimum atomic E-state index is -0.266. The molecule has 0 saturated carbocycles. The minimum absolute atomic E-state index is 0.183. The van der Waals surface area contributed by atoms with Crippen LogP contribution in [0, 0.1) is 0 Å². The van der Waals surface area contributed by atoms with Crippen molar-refractivity contribution in [3.8, 4) is 0 Å². The van der Waals surface area contributed by atoms with Crippen molar-refractivity contribution in [3.05, 3.63) is 29.0 Å². The highest BCUT2D eigenvalue weighted by Gasteiger charge is 2.14. The van der Waals surface area contributed by atoms with Crippen molar-refractivity contribution < 1.29 is 4.79 Å². The normalized spacial score (nSPS) is 12.8. The van der Waals surface area contributed by atoms with Crippen LogP contribution in [-0.4, -0.2) is 15.5 Å². The predicted octanol–water partition coefficient (Wildman–Crippen LogP) is 3.65. The van der Waals surface area contributed by atoms with E-state index in [1.54, 1.807) is 0 Å². The lowest BCUT2D eigenvalue weighted by Gasteiger charge is -2.10. The molecule has 0 aliphatic carbocycles.